The van der Waals surface area contributed by atoms with Gasteiger partial charge in [-0.2, -0.15) is 4.31 Å². The fourth-order valence-electron chi connectivity index (χ4n) is 3.50. The third-order valence-corrected chi connectivity index (χ3v) is 7.04. The number of nitrogens with zero attached hydrogens (tertiary/aromatic N) is 2. The first-order valence-electron chi connectivity index (χ1n) is 8.93. The van der Waals surface area contributed by atoms with Crippen LogP contribution in [0.1, 0.15) is 43.1 Å². The minimum atomic E-state index is -3.59. The summed E-state index contributed by atoms with van der Waals surface area (Å²) in [7, 11) is -1.88. The maximum atomic E-state index is 12.7. The molecule has 1 aliphatic carbocycles. The average molecular weight is 369 g/mol. The van der Waals surface area contributed by atoms with Crippen LogP contribution in [0.5, 0.6) is 0 Å². The van der Waals surface area contributed by atoms with Gasteiger partial charge in [-0.1, -0.05) is 6.92 Å². The van der Waals surface area contributed by atoms with Crippen molar-refractivity contribution in [3.05, 3.63) is 18.0 Å². The first-order chi connectivity index (χ1) is 11.9. The number of aryl methyl sites for hydroxylation is 1. The van der Waals surface area contributed by atoms with E-state index in [-0.39, 0.29) is 16.8 Å². The molecule has 0 spiro atoms. The lowest BCUT2D eigenvalue weighted by atomic mass is 9.87. The standard InChI is InChI=1S/C17H27N3O4S/c1-13-3-5-14(6-4-13)18-17(21)16-11-15(12-19(16)2)25(22,23)20-7-9-24-10-8-20/h11-14H,3-10H2,1-2H3,(H,18,21). The number of nitrogens with one attached hydrogen (secondary N) is 1. The molecule has 1 aromatic rings. The first-order valence-corrected chi connectivity index (χ1v) is 10.4. The molecule has 8 heteroatoms. The van der Waals surface area contributed by atoms with Crippen LogP contribution in [0, 0.1) is 5.92 Å². The van der Waals surface area contributed by atoms with E-state index in [9.17, 15) is 13.2 Å². The molecule has 1 aromatic heterocycles. The molecule has 0 unspecified atom stereocenters. The lowest BCUT2D eigenvalue weighted by Gasteiger charge is -2.26. The van der Waals surface area contributed by atoms with E-state index in [0.717, 1.165) is 25.7 Å². The van der Waals surface area contributed by atoms with Crippen LogP contribution in [0.25, 0.3) is 0 Å². The second kappa shape index (κ2) is 7.47. The van der Waals surface area contributed by atoms with Crippen LogP contribution in [0.3, 0.4) is 0 Å². The van der Waals surface area contributed by atoms with Crippen molar-refractivity contribution in [2.45, 2.75) is 43.5 Å². The van der Waals surface area contributed by atoms with Gasteiger partial charge in [0.05, 0.1) is 13.2 Å². The van der Waals surface area contributed by atoms with E-state index in [1.165, 1.54) is 16.6 Å². The van der Waals surface area contributed by atoms with Gasteiger partial charge >= 0.3 is 0 Å². The number of sulfonamides is 1. The molecule has 1 N–H and O–H groups in total. The van der Waals surface area contributed by atoms with Gasteiger partial charge in [0.15, 0.2) is 0 Å². The molecule has 140 valence electrons. The molecule has 3 rings (SSSR count). The summed E-state index contributed by atoms with van der Waals surface area (Å²) in [4.78, 5) is 12.7. The average Bonchev–Trinajstić information content (AvgIpc) is 3.00. The summed E-state index contributed by atoms with van der Waals surface area (Å²) in [6, 6.07) is 1.66. The SMILES string of the molecule is CC1CCC(NC(=O)c2cc(S(=O)(=O)N3CCOCC3)cn2C)CC1. The van der Waals surface area contributed by atoms with E-state index in [1.807, 2.05) is 0 Å². The molecule has 0 bridgehead atoms. The van der Waals surface area contributed by atoms with Gasteiger partial charge in [-0.15, -0.1) is 0 Å². The number of morpholine rings is 1. The summed E-state index contributed by atoms with van der Waals surface area (Å²) < 4.78 is 33.7. The predicted octanol–water partition coefficient (Wildman–Crippen LogP) is 1.35. The van der Waals surface area contributed by atoms with Crippen molar-refractivity contribution in [2.75, 3.05) is 26.3 Å². The molecule has 7 nitrogen and oxygen atoms in total. The van der Waals surface area contributed by atoms with E-state index in [1.54, 1.807) is 11.6 Å². The fourth-order valence-corrected chi connectivity index (χ4v) is 4.98. The van der Waals surface area contributed by atoms with Crippen molar-refractivity contribution in [1.82, 2.24) is 14.2 Å². The molecular formula is C17H27N3O4S. The molecule has 1 saturated heterocycles. The number of ether oxygens (including phenoxy) is 1. The van der Waals surface area contributed by atoms with Crippen molar-refractivity contribution >= 4 is 15.9 Å². The predicted molar refractivity (Wildman–Crippen MR) is 93.9 cm³/mol. The van der Waals surface area contributed by atoms with Gasteiger partial charge < -0.3 is 14.6 Å². The summed E-state index contributed by atoms with van der Waals surface area (Å²) in [6.45, 7) is 3.73. The van der Waals surface area contributed by atoms with Gasteiger partial charge in [-0.3, -0.25) is 4.79 Å². The Kier molecular flexibility index (Phi) is 5.50. The number of aromatic nitrogens is 1. The minimum absolute atomic E-state index is 0.166. The third kappa shape index (κ3) is 4.07. The summed E-state index contributed by atoms with van der Waals surface area (Å²) in [5.74, 6) is 0.513. The zero-order chi connectivity index (χ0) is 18.0. The van der Waals surface area contributed by atoms with Crippen LogP contribution < -0.4 is 5.32 Å². The van der Waals surface area contributed by atoms with E-state index < -0.39 is 10.0 Å². The molecule has 0 atom stereocenters. The molecule has 0 aromatic carbocycles. The van der Waals surface area contributed by atoms with Crippen molar-refractivity contribution < 1.29 is 17.9 Å². The van der Waals surface area contributed by atoms with Gasteiger partial charge in [0.25, 0.3) is 5.91 Å². The highest BCUT2D eigenvalue weighted by molar-refractivity contribution is 7.89. The molecule has 1 aliphatic heterocycles. The Morgan fingerprint density at radius 1 is 1.20 bits per heavy atom. The molecule has 25 heavy (non-hydrogen) atoms. The number of carbonyl (C=O) groups excluding carboxylic acids is 1. The normalized spacial score (nSPS) is 25.7. The van der Waals surface area contributed by atoms with Crippen LogP contribution in [-0.2, 0) is 21.8 Å². The topological polar surface area (TPSA) is 80.6 Å². The summed E-state index contributed by atoms with van der Waals surface area (Å²) in [6.07, 6.45) is 5.72. The Balaban J connectivity index is 1.72. The quantitative estimate of drug-likeness (QED) is 0.869. The highest BCUT2D eigenvalue weighted by Gasteiger charge is 2.29. The Morgan fingerprint density at radius 2 is 1.84 bits per heavy atom. The molecule has 0 radical (unpaired) electrons. The molecule has 2 heterocycles. The fraction of sp³-hybridized carbons (Fsp3) is 0.706. The lowest BCUT2D eigenvalue weighted by Crippen LogP contribution is -2.40. The monoisotopic (exact) mass is 369 g/mol. The minimum Gasteiger partial charge on any atom is -0.379 e. The van der Waals surface area contributed by atoms with Crippen LogP contribution >= 0.6 is 0 Å². The highest BCUT2D eigenvalue weighted by Crippen LogP contribution is 2.24. The summed E-state index contributed by atoms with van der Waals surface area (Å²) in [5.41, 5.74) is 0.380. The van der Waals surface area contributed by atoms with Crippen LogP contribution in [-0.4, -0.2) is 55.5 Å². The van der Waals surface area contributed by atoms with Gasteiger partial charge in [0.2, 0.25) is 10.0 Å². The number of hydrogen-bond donors (Lipinski definition) is 1. The number of carbonyl (C=O) groups is 1. The Hall–Kier alpha value is -1.38. The second-order valence-electron chi connectivity index (χ2n) is 7.12. The number of rotatable bonds is 4. The molecule has 1 saturated carbocycles. The number of hydrogen-bond acceptors (Lipinski definition) is 4. The maximum Gasteiger partial charge on any atom is 0.268 e. The van der Waals surface area contributed by atoms with E-state index in [4.69, 9.17) is 4.74 Å². The Morgan fingerprint density at radius 3 is 2.48 bits per heavy atom. The smallest absolute Gasteiger partial charge is 0.268 e. The van der Waals surface area contributed by atoms with Crippen molar-refractivity contribution in [3.8, 4) is 0 Å². The van der Waals surface area contributed by atoms with Crippen LogP contribution in [0.4, 0.5) is 0 Å². The van der Waals surface area contributed by atoms with E-state index >= 15 is 0 Å². The zero-order valence-electron chi connectivity index (χ0n) is 14.9. The van der Waals surface area contributed by atoms with Crippen molar-refractivity contribution in [2.24, 2.45) is 13.0 Å². The first kappa shape index (κ1) is 18.4. The van der Waals surface area contributed by atoms with E-state index in [0.29, 0.717) is 37.9 Å². The molecular weight excluding hydrogens is 342 g/mol. The third-order valence-electron chi connectivity index (χ3n) is 5.17. The molecule has 2 aliphatic rings. The maximum absolute atomic E-state index is 12.7. The molecule has 1 amide bonds. The summed E-state index contributed by atoms with van der Waals surface area (Å²) >= 11 is 0. The van der Waals surface area contributed by atoms with Gasteiger partial charge in [-0.05, 0) is 37.7 Å². The molecule has 2 fully saturated rings. The highest BCUT2D eigenvalue weighted by atomic mass is 32.2. The zero-order valence-corrected chi connectivity index (χ0v) is 15.7. The van der Waals surface area contributed by atoms with Gasteiger partial charge in [0, 0.05) is 32.4 Å². The Bertz CT molecular complexity index is 714. The summed E-state index contributed by atoms with van der Waals surface area (Å²) in [5, 5.41) is 3.05. The van der Waals surface area contributed by atoms with Crippen molar-refractivity contribution in [1.29, 1.82) is 0 Å². The lowest BCUT2D eigenvalue weighted by molar-refractivity contribution is 0.0730. The van der Waals surface area contributed by atoms with Gasteiger partial charge in [-0.25, -0.2) is 8.42 Å². The van der Waals surface area contributed by atoms with Crippen LogP contribution in [0.15, 0.2) is 17.2 Å². The van der Waals surface area contributed by atoms with Crippen molar-refractivity contribution in [3.63, 3.8) is 0 Å². The second-order valence-corrected chi connectivity index (χ2v) is 9.06. The van der Waals surface area contributed by atoms with Gasteiger partial charge in [0.1, 0.15) is 10.6 Å². The Labute approximate surface area is 149 Å². The van der Waals surface area contributed by atoms with Crippen LogP contribution in [0.2, 0.25) is 0 Å². The van der Waals surface area contributed by atoms with E-state index in [2.05, 4.69) is 12.2 Å². The largest absolute Gasteiger partial charge is 0.379 e. The number of amides is 1.